The summed E-state index contributed by atoms with van der Waals surface area (Å²) in [6.45, 7) is 6.64. The first-order valence-corrected chi connectivity index (χ1v) is 8.18. The van der Waals surface area contributed by atoms with E-state index in [9.17, 15) is 18.7 Å². The standard InChI is InChI=1S/C9H14O10P2/c1-4-8(10)18-21(15,19-20(12,13)14)17-6-5-16-9(11)7(2)3/h4H,1-2,5-6H2,3H3,(H2,12,13,14). The lowest BCUT2D eigenvalue weighted by atomic mass is 10.4. The lowest BCUT2D eigenvalue weighted by molar-refractivity contribution is -0.140. The molecular weight excluding hydrogens is 330 g/mol. The zero-order chi connectivity index (χ0) is 16.7. The van der Waals surface area contributed by atoms with Gasteiger partial charge in [0, 0.05) is 11.6 Å². The van der Waals surface area contributed by atoms with Gasteiger partial charge in [-0.05, 0) is 6.92 Å². The van der Waals surface area contributed by atoms with Crippen LogP contribution in [0.2, 0.25) is 0 Å². The minimum atomic E-state index is -5.26. The van der Waals surface area contributed by atoms with Gasteiger partial charge in [-0.15, -0.1) is 0 Å². The van der Waals surface area contributed by atoms with E-state index in [1.807, 2.05) is 0 Å². The summed E-state index contributed by atoms with van der Waals surface area (Å²) in [6, 6.07) is 0. The highest BCUT2D eigenvalue weighted by molar-refractivity contribution is 7.61. The van der Waals surface area contributed by atoms with Crippen molar-refractivity contribution in [2.24, 2.45) is 0 Å². The predicted molar refractivity (Wildman–Crippen MR) is 68.7 cm³/mol. The van der Waals surface area contributed by atoms with E-state index in [1.165, 1.54) is 6.92 Å². The van der Waals surface area contributed by atoms with Gasteiger partial charge in [0.1, 0.15) is 6.61 Å². The highest BCUT2D eigenvalue weighted by Crippen LogP contribution is 2.61. The molecule has 0 fully saturated rings. The second-order valence-electron chi connectivity index (χ2n) is 3.38. The largest absolute Gasteiger partial charge is 0.541 e. The van der Waals surface area contributed by atoms with Gasteiger partial charge in [0.25, 0.3) is 0 Å². The Morgan fingerprint density at radius 1 is 1.24 bits per heavy atom. The quantitative estimate of drug-likeness (QED) is 0.269. The number of phosphoric acid groups is 2. The van der Waals surface area contributed by atoms with Crippen LogP contribution in [-0.2, 0) is 36.8 Å². The Morgan fingerprint density at radius 3 is 2.24 bits per heavy atom. The summed E-state index contributed by atoms with van der Waals surface area (Å²) in [6.07, 6.45) is 0.583. The van der Waals surface area contributed by atoms with Crippen molar-refractivity contribution in [1.82, 2.24) is 0 Å². The average Bonchev–Trinajstić information content (AvgIpc) is 2.31. The Kier molecular flexibility index (Phi) is 7.73. The molecule has 0 aliphatic rings. The number of carbonyl (C=O) groups is 2. The van der Waals surface area contributed by atoms with Gasteiger partial charge in [0.2, 0.25) is 0 Å². The number of hydrogen-bond acceptors (Lipinski definition) is 8. The molecule has 1 unspecified atom stereocenters. The average molecular weight is 344 g/mol. The maximum Gasteiger partial charge on any atom is 0.541 e. The Balaban J connectivity index is 4.62. The molecule has 0 rings (SSSR count). The summed E-state index contributed by atoms with van der Waals surface area (Å²) >= 11 is 0. The number of rotatable bonds is 9. The van der Waals surface area contributed by atoms with Crippen molar-refractivity contribution in [2.45, 2.75) is 6.92 Å². The summed E-state index contributed by atoms with van der Waals surface area (Å²) in [5, 5.41) is 0. The zero-order valence-corrected chi connectivity index (χ0v) is 12.7. The van der Waals surface area contributed by atoms with Crippen molar-refractivity contribution in [3.8, 4) is 0 Å². The van der Waals surface area contributed by atoms with E-state index in [4.69, 9.17) is 9.79 Å². The van der Waals surface area contributed by atoms with Crippen molar-refractivity contribution in [1.29, 1.82) is 0 Å². The van der Waals surface area contributed by atoms with E-state index < -0.39 is 40.8 Å². The van der Waals surface area contributed by atoms with Crippen molar-refractivity contribution in [2.75, 3.05) is 13.2 Å². The van der Waals surface area contributed by atoms with Crippen molar-refractivity contribution >= 4 is 27.6 Å². The summed E-state index contributed by atoms with van der Waals surface area (Å²) in [5.74, 6) is -2.04. The third kappa shape index (κ3) is 9.30. The highest BCUT2D eigenvalue weighted by atomic mass is 31.3. The Morgan fingerprint density at radius 2 is 1.81 bits per heavy atom. The van der Waals surface area contributed by atoms with Crippen LogP contribution in [0.5, 0.6) is 0 Å². The molecule has 120 valence electrons. The predicted octanol–water partition coefficient (Wildman–Crippen LogP) is 1.07. The first-order valence-electron chi connectivity index (χ1n) is 5.19. The fourth-order valence-corrected chi connectivity index (χ4v) is 2.76. The monoisotopic (exact) mass is 344 g/mol. The van der Waals surface area contributed by atoms with E-state index in [-0.39, 0.29) is 5.57 Å². The normalized spacial score (nSPS) is 13.9. The van der Waals surface area contributed by atoms with Crippen LogP contribution in [-0.4, -0.2) is 34.9 Å². The lowest BCUT2D eigenvalue weighted by Crippen LogP contribution is -2.12. The molecule has 1 atom stereocenters. The van der Waals surface area contributed by atoms with Gasteiger partial charge in [-0.2, -0.15) is 4.31 Å². The van der Waals surface area contributed by atoms with Gasteiger partial charge in [-0.1, -0.05) is 13.2 Å². The van der Waals surface area contributed by atoms with Crippen LogP contribution in [0, 0.1) is 0 Å². The minimum absolute atomic E-state index is 0.0998. The Bertz CT molecular complexity index is 519. The fraction of sp³-hybridized carbons (Fsp3) is 0.333. The summed E-state index contributed by atoms with van der Waals surface area (Å²) < 4.78 is 39.4. The molecule has 0 bridgehead atoms. The van der Waals surface area contributed by atoms with Crippen LogP contribution >= 0.6 is 15.6 Å². The van der Waals surface area contributed by atoms with Gasteiger partial charge in [0.05, 0.1) is 6.61 Å². The molecule has 0 saturated heterocycles. The Labute approximate surface area is 120 Å². The smallest absolute Gasteiger partial charge is 0.460 e. The third-order valence-electron chi connectivity index (χ3n) is 1.49. The van der Waals surface area contributed by atoms with E-state index in [0.29, 0.717) is 6.08 Å². The maximum absolute atomic E-state index is 11.8. The molecule has 0 aromatic carbocycles. The number of ether oxygens (including phenoxy) is 1. The van der Waals surface area contributed by atoms with Gasteiger partial charge < -0.3 is 19.0 Å². The van der Waals surface area contributed by atoms with Crippen molar-refractivity contribution in [3.05, 3.63) is 24.8 Å². The fourth-order valence-electron chi connectivity index (χ4n) is 0.751. The zero-order valence-electron chi connectivity index (χ0n) is 11.0. The molecule has 0 radical (unpaired) electrons. The molecule has 12 heteroatoms. The van der Waals surface area contributed by atoms with Crippen molar-refractivity contribution in [3.63, 3.8) is 0 Å². The minimum Gasteiger partial charge on any atom is -0.460 e. The number of hydrogen-bond donors (Lipinski definition) is 2. The molecule has 21 heavy (non-hydrogen) atoms. The second kappa shape index (κ2) is 8.23. The van der Waals surface area contributed by atoms with Crippen LogP contribution in [0.1, 0.15) is 6.92 Å². The number of esters is 1. The molecule has 0 spiro atoms. The SMILES string of the molecule is C=CC(=O)OP(=O)(OCCOC(=O)C(=C)C)OP(=O)(O)O. The van der Waals surface area contributed by atoms with Crippen LogP contribution in [0.25, 0.3) is 0 Å². The molecule has 0 saturated carbocycles. The number of phosphoric ester groups is 1. The molecule has 0 amide bonds. The van der Waals surface area contributed by atoms with Gasteiger partial charge in [0.15, 0.2) is 0 Å². The van der Waals surface area contributed by atoms with Gasteiger partial charge >= 0.3 is 27.6 Å². The molecule has 10 nitrogen and oxygen atoms in total. The molecular formula is C9H14O10P2. The van der Waals surface area contributed by atoms with Crippen LogP contribution in [0.4, 0.5) is 0 Å². The maximum atomic E-state index is 11.8. The third-order valence-corrected chi connectivity index (χ3v) is 4.04. The lowest BCUT2D eigenvalue weighted by Gasteiger charge is -2.16. The van der Waals surface area contributed by atoms with Crippen LogP contribution in [0.15, 0.2) is 24.8 Å². The van der Waals surface area contributed by atoms with E-state index in [0.717, 1.165) is 0 Å². The molecule has 2 N–H and O–H groups in total. The summed E-state index contributed by atoms with van der Waals surface area (Å²) in [4.78, 5) is 39.1. The molecule has 0 aromatic rings. The summed E-state index contributed by atoms with van der Waals surface area (Å²) in [7, 11) is -10.2. The molecule has 0 aromatic heterocycles. The second-order valence-corrected chi connectivity index (χ2v) is 6.35. The Hall–Kier alpha value is -1.28. The van der Waals surface area contributed by atoms with E-state index in [2.05, 4.69) is 31.3 Å². The van der Waals surface area contributed by atoms with Crippen molar-refractivity contribution < 1.29 is 46.6 Å². The van der Waals surface area contributed by atoms with Gasteiger partial charge in [-0.25, -0.2) is 18.7 Å². The van der Waals surface area contributed by atoms with Gasteiger partial charge in [-0.3, -0.25) is 4.52 Å². The summed E-state index contributed by atoms with van der Waals surface area (Å²) in [5.41, 5.74) is 0.0998. The van der Waals surface area contributed by atoms with Crippen LogP contribution < -0.4 is 0 Å². The van der Waals surface area contributed by atoms with E-state index >= 15 is 0 Å². The molecule has 0 aliphatic heterocycles. The topological polar surface area (TPSA) is 146 Å². The first-order chi connectivity index (χ1) is 9.49. The van der Waals surface area contributed by atoms with Crippen LogP contribution in [0.3, 0.4) is 0 Å². The first kappa shape index (κ1) is 19.7. The molecule has 0 aliphatic carbocycles. The number of carbonyl (C=O) groups excluding carboxylic acids is 2. The highest BCUT2D eigenvalue weighted by Gasteiger charge is 2.38. The van der Waals surface area contributed by atoms with E-state index in [1.54, 1.807) is 0 Å². The molecule has 0 heterocycles.